The van der Waals surface area contributed by atoms with Gasteiger partial charge in [0.2, 0.25) is 0 Å². The summed E-state index contributed by atoms with van der Waals surface area (Å²) in [6, 6.07) is 7.78. The summed E-state index contributed by atoms with van der Waals surface area (Å²) in [5.41, 5.74) is 0.882. The van der Waals surface area contributed by atoms with Crippen LogP contribution in [0, 0.1) is 5.41 Å². The molecule has 0 amide bonds. The van der Waals surface area contributed by atoms with Gasteiger partial charge >= 0.3 is 0 Å². The van der Waals surface area contributed by atoms with Crippen molar-refractivity contribution in [3.63, 3.8) is 0 Å². The summed E-state index contributed by atoms with van der Waals surface area (Å²) in [4.78, 5) is 12.4. The molecular weight excluding hydrogens is 226 g/mol. The average Bonchev–Trinajstić information content (AvgIpc) is 2.40. The van der Waals surface area contributed by atoms with Crippen molar-refractivity contribution in [2.24, 2.45) is 5.41 Å². The summed E-state index contributed by atoms with van der Waals surface area (Å²) in [6.07, 6.45) is 2.39. The van der Waals surface area contributed by atoms with Crippen molar-refractivity contribution in [1.82, 2.24) is 5.32 Å². The highest BCUT2D eigenvalue weighted by molar-refractivity contribution is 5.86. The largest absolute Gasteiger partial charge is 0.497 e. The van der Waals surface area contributed by atoms with Crippen molar-refractivity contribution in [3.05, 3.63) is 29.8 Å². The van der Waals surface area contributed by atoms with Crippen LogP contribution in [0.25, 0.3) is 0 Å². The third kappa shape index (κ3) is 2.91. The Balaban J connectivity index is 2.05. The molecule has 0 saturated carbocycles. The molecule has 1 saturated heterocycles. The molecule has 0 bridgehead atoms. The van der Waals surface area contributed by atoms with Crippen LogP contribution < -0.4 is 10.1 Å². The highest BCUT2D eigenvalue weighted by atomic mass is 16.5. The van der Waals surface area contributed by atoms with Crippen molar-refractivity contribution in [1.29, 1.82) is 0 Å². The topological polar surface area (TPSA) is 38.3 Å². The molecule has 0 radical (unpaired) electrons. The Bertz CT molecular complexity index is 422. The number of ketones is 1. The van der Waals surface area contributed by atoms with Gasteiger partial charge in [-0.05, 0) is 43.6 Å². The van der Waals surface area contributed by atoms with E-state index in [0.29, 0.717) is 12.2 Å². The number of rotatable bonds is 4. The van der Waals surface area contributed by atoms with Gasteiger partial charge in [-0.1, -0.05) is 19.1 Å². The summed E-state index contributed by atoms with van der Waals surface area (Å²) in [7, 11) is 1.65. The molecule has 18 heavy (non-hydrogen) atoms. The van der Waals surface area contributed by atoms with Crippen molar-refractivity contribution in [2.75, 3.05) is 20.2 Å². The number of ether oxygens (including phenoxy) is 1. The number of piperidine rings is 1. The molecule has 0 unspecified atom stereocenters. The summed E-state index contributed by atoms with van der Waals surface area (Å²) in [6.45, 7) is 3.98. The Labute approximate surface area is 109 Å². The van der Waals surface area contributed by atoms with Gasteiger partial charge in [0.1, 0.15) is 11.5 Å². The first kappa shape index (κ1) is 13.1. The number of carbonyl (C=O) groups is 1. The predicted octanol–water partition coefficient (Wildman–Crippen LogP) is 2.20. The van der Waals surface area contributed by atoms with Crippen LogP contribution in [0.5, 0.6) is 5.75 Å². The van der Waals surface area contributed by atoms with Crippen LogP contribution in [-0.4, -0.2) is 26.0 Å². The molecular formula is C15H21NO2. The summed E-state index contributed by atoms with van der Waals surface area (Å²) in [5.74, 6) is 1.16. The molecule has 2 rings (SSSR count). The first-order chi connectivity index (χ1) is 8.64. The quantitative estimate of drug-likeness (QED) is 0.886. The number of carbonyl (C=O) groups excluding carboxylic acids is 1. The second-order valence-corrected chi connectivity index (χ2v) is 5.26. The van der Waals surface area contributed by atoms with Crippen molar-refractivity contribution in [3.8, 4) is 5.75 Å². The number of hydrogen-bond donors (Lipinski definition) is 1. The molecule has 1 aliphatic heterocycles. The maximum Gasteiger partial charge on any atom is 0.143 e. The maximum atomic E-state index is 12.4. The molecule has 3 nitrogen and oxygen atoms in total. The van der Waals surface area contributed by atoms with Gasteiger partial charge in [-0.3, -0.25) is 4.79 Å². The lowest BCUT2D eigenvalue weighted by Gasteiger charge is -2.32. The van der Waals surface area contributed by atoms with Gasteiger partial charge in [0.25, 0.3) is 0 Å². The lowest BCUT2D eigenvalue weighted by atomic mass is 9.75. The summed E-state index contributed by atoms with van der Waals surface area (Å²) >= 11 is 0. The van der Waals surface area contributed by atoms with Crippen LogP contribution >= 0.6 is 0 Å². The molecule has 1 fully saturated rings. The summed E-state index contributed by atoms with van der Waals surface area (Å²) in [5, 5.41) is 3.30. The zero-order valence-electron chi connectivity index (χ0n) is 11.2. The lowest BCUT2D eigenvalue weighted by molar-refractivity contribution is -0.128. The van der Waals surface area contributed by atoms with Crippen LogP contribution in [-0.2, 0) is 11.2 Å². The molecule has 0 atom stereocenters. The van der Waals surface area contributed by atoms with Gasteiger partial charge in [0.15, 0.2) is 0 Å². The summed E-state index contributed by atoms with van der Waals surface area (Å²) < 4.78 is 5.19. The van der Waals surface area contributed by atoms with Crippen LogP contribution in [0.4, 0.5) is 0 Å². The minimum absolute atomic E-state index is 0.158. The number of nitrogens with one attached hydrogen (secondary N) is 1. The third-order valence-corrected chi connectivity index (χ3v) is 3.88. The monoisotopic (exact) mass is 247 g/mol. The van der Waals surface area contributed by atoms with E-state index in [9.17, 15) is 4.79 Å². The molecule has 98 valence electrons. The molecule has 1 aliphatic rings. The Morgan fingerprint density at radius 2 is 2.11 bits per heavy atom. The van der Waals surface area contributed by atoms with Gasteiger partial charge in [-0.2, -0.15) is 0 Å². The van der Waals surface area contributed by atoms with E-state index in [2.05, 4.69) is 12.2 Å². The van der Waals surface area contributed by atoms with E-state index in [4.69, 9.17) is 4.74 Å². The second-order valence-electron chi connectivity index (χ2n) is 5.26. The Morgan fingerprint density at radius 3 is 2.78 bits per heavy atom. The molecule has 1 aromatic rings. The number of benzene rings is 1. The molecule has 0 spiro atoms. The fourth-order valence-corrected chi connectivity index (χ4v) is 2.44. The van der Waals surface area contributed by atoms with Gasteiger partial charge in [-0.15, -0.1) is 0 Å². The highest BCUT2D eigenvalue weighted by Crippen LogP contribution is 2.30. The van der Waals surface area contributed by atoms with E-state index in [1.54, 1.807) is 7.11 Å². The lowest BCUT2D eigenvalue weighted by Crippen LogP contribution is -2.40. The molecule has 1 N–H and O–H groups in total. The first-order valence-corrected chi connectivity index (χ1v) is 6.51. The van der Waals surface area contributed by atoms with Crippen molar-refractivity contribution >= 4 is 5.78 Å². The molecule has 0 aliphatic carbocycles. The average molecular weight is 247 g/mol. The minimum atomic E-state index is -0.158. The van der Waals surface area contributed by atoms with E-state index < -0.39 is 0 Å². The smallest absolute Gasteiger partial charge is 0.143 e. The standard InChI is InChI=1S/C15H21NO2/c1-15(6-8-16-9-7-15)14(17)11-12-4-3-5-13(10-12)18-2/h3-5,10,16H,6-9,11H2,1-2H3. The zero-order chi connectivity index (χ0) is 13.0. The van der Waals surface area contributed by atoms with Crippen LogP contribution in [0.15, 0.2) is 24.3 Å². The third-order valence-electron chi connectivity index (χ3n) is 3.88. The fourth-order valence-electron chi connectivity index (χ4n) is 2.44. The molecule has 1 aromatic carbocycles. The number of Topliss-reactive ketones (excluding diaryl/α,β-unsaturated/α-hetero) is 1. The molecule has 0 aromatic heterocycles. The molecule has 3 heteroatoms. The first-order valence-electron chi connectivity index (χ1n) is 6.51. The van der Waals surface area contributed by atoms with Gasteiger partial charge < -0.3 is 10.1 Å². The normalized spacial score (nSPS) is 18.3. The minimum Gasteiger partial charge on any atom is -0.497 e. The number of methoxy groups -OCH3 is 1. The predicted molar refractivity (Wildman–Crippen MR) is 71.9 cm³/mol. The van der Waals surface area contributed by atoms with Crippen LogP contribution in [0.1, 0.15) is 25.3 Å². The zero-order valence-corrected chi connectivity index (χ0v) is 11.2. The highest BCUT2D eigenvalue weighted by Gasteiger charge is 2.33. The van der Waals surface area contributed by atoms with Crippen LogP contribution in [0.3, 0.4) is 0 Å². The Morgan fingerprint density at radius 1 is 1.39 bits per heavy atom. The SMILES string of the molecule is COc1cccc(CC(=O)C2(C)CCNCC2)c1. The van der Waals surface area contributed by atoms with E-state index in [1.165, 1.54) is 0 Å². The Hall–Kier alpha value is -1.35. The van der Waals surface area contributed by atoms with Gasteiger partial charge in [0, 0.05) is 11.8 Å². The van der Waals surface area contributed by atoms with E-state index in [1.807, 2.05) is 24.3 Å². The van der Waals surface area contributed by atoms with Gasteiger partial charge in [-0.25, -0.2) is 0 Å². The molecule has 1 heterocycles. The van der Waals surface area contributed by atoms with E-state index in [-0.39, 0.29) is 5.41 Å². The fraction of sp³-hybridized carbons (Fsp3) is 0.533. The van der Waals surface area contributed by atoms with E-state index >= 15 is 0 Å². The maximum absolute atomic E-state index is 12.4. The van der Waals surface area contributed by atoms with Crippen LogP contribution in [0.2, 0.25) is 0 Å². The Kier molecular flexibility index (Phi) is 4.02. The second kappa shape index (κ2) is 5.53. The number of hydrogen-bond acceptors (Lipinski definition) is 3. The van der Waals surface area contributed by atoms with Crippen molar-refractivity contribution < 1.29 is 9.53 Å². The van der Waals surface area contributed by atoms with E-state index in [0.717, 1.165) is 37.2 Å². The van der Waals surface area contributed by atoms with Gasteiger partial charge in [0.05, 0.1) is 7.11 Å². The van der Waals surface area contributed by atoms with Crippen molar-refractivity contribution in [2.45, 2.75) is 26.2 Å².